The first-order valence-electron chi connectivity index (χ1n) is 5.60. The monoisotopic (exact) mass is 281 g/mol. The van der Waals surface area contributed by atoms with Crippen molar-refractivity contribution in [2.24, 2.45) is 5.92 Å². The second-order valence-corrected chi connectivity index (χ2v) is 4.29. The molecular formula is C12H12FN3O4. The molecule has 106 valence electrons. The average molecular weight is 281 g/mol. The van der Waals surface area contributed by atoms with Crippen molar-refractivity contribution in [2.45, 2.75) is 6.92 Å². The number of nitriles is 1. The van der Waals surface area contributed by atoms with Crippen LogP contribution in [0.1, 0.15) is 17.3 Å². The summed E-state index contributed by atoms with van der Waals surface area (Å²) < 4.78 is 13.8. The van der Waals surface area contributed by atoms with Crippen molar-refractivity contribution in [3.05, 3.63) is 33.6 Å². The largest absolute Gasteiger partial charge is 0.477 e. The molecule has 0 heterocycles. The summed E-state index contributed by atoms with van der Waals surface area (Å²) in [5, 5.41) is 28.4. The second-order valence-electron chi connectivity index (χ2n) is 4.29. The minimum absolute atomic E-state index is 0.102. The maximum Gasteiger partial charge on any atom is 0.342 e. The lowest BCUT2D eigenvalue weighted by Crippen LogP contribution is -2.24. The van der Waals surface area contributed by atoms with Crippen molar-refractivity contribution in [1.82, 2.24) is 0 Å². The zero-order chi connectivity index (χ0) is 15.4. The van der Waals surface area contributed by atoms with Gasteiger partial charge in [-0.1, -0.05) is 0 Å². The number of carboxylic acid groups (broad SMARTS) is 1. The molecular weight excluding hydrogens is 269 g/mol. The van der Waals surface area contributed by atoms with Crippen LogP contribution in [-0.4, -0.2) is 29.6 Å². The van der Waals surface area contributed by atoms with Crippen LogP contribution in [0.2, 0.25) is 0 Å². The van der Waals surface area contributed by atoms with Crippen LogP contribution >= 0.6 is 0 Å². The number of hydrogen-bond acceptors (Lipinski definition) is 5. The van der Waals surface area contributed by atoms with E-state index in [1.54, 1.807) is 6.92 Å². The van der Waals surface area contributed by atoms with Crippen molar-refractivity contribution in [1.29, 1.82) is 5.26 Å². The van der Waals surface area contributed by atoms with Gasteiger partial charge in [-0.05, 0) is 13.0 Å². The van der Waals surface area contributed by atoms with Crippen LogP contribution in [0.4, 0.5) is 15.8 Å². The summed E-state index contributed by atoms with van der Waals surface area (Å²) in [6, 6.07) is 3.44. The summed E-state index contributed by atoms with van der Waals surface area (Å²) >= 11 is 0. The smallest absolute Gasteiger partial charge is 0.342 e. The molecule has 1 N–H and O–H groups in total. The molecule has 0 bridgehead atoms. The molecule has 0 saturated heterocycles. The van der Waals surface area contributed by atoms with E-state index in [-0.39, 0.29) is 12.2 Å². The quantitative estimate of drug-likeness (QED) is 0.653. The van der Waals surface area contributed by atoms with Gasteiger partial charge in [0.25, 0.3) is 5.69 Å². The predicted octanol–water partition coefficient (Wildman–Crippen LogP) is 2.03. The molecule has 0 fully saturated rings. The molecule has 0 aliphatic rings. The molecule has 7 nitrogen and oxygen atoms in total. The van der Waals surface area contributed by atoms with Crippen LogP contribution < -0.4 is 4.90 Å². The SMILES string of the molecule is CC(C#N)CN(C)c1cc(C(=O)O)c([N+](=O)[O-])cc1F. The fraction of sp³-hybridized carbons (Fsp3) is 0.333. The van der Waals surface area contributed by atoms with E-state index in [0.717, 1.165) is 6.07 Å². The van der Waals surface area contributed by atoms with Gasteiger partial charge < -0.3 is 10.0 Å². The van der Waals surface area contributed by atoms with Gasteiger partial charge in [0.05, 0.1) is 28.7 Å². The van der Waals surface area contributed by atoms with Crippen LogP contribution in [0.5, 0.6) is 0 Å². The number of carboxylic acids is 1. The van der Waals surface area contributed by atoms with Gasteiger partial charge in [0.15, 0.2) is 5.82 Å². The van der Waals surface area contributed by atoms with Crippen LogP contribution in [0.25, 0.3) is 0 Å². The van der Waals surface area contributed by atoms with Gasteiger partial charge in [0.2, 0.25) is 0 Å². The summed E-state index contributed by atoms with van der Waals surface area (Å²) in [6.07, 6.45) is 0. The average Bonchev–Trinajstić information content (AvgIpc) is 2.37. The van der Waals surface area contributed by atoms with Crippen molar-refractivity contribution in [3.8, 4) is 6.07 Å². The molecule has 1 rings (SSSR count). The third-order valence-corrected chi connectivity index (χ3v) is 2.67. The molecule has 0 aromatic heterocycles. The number of anilines is 1. The van der Waals surface area contributed by atoms with E-state index in [2.05, 4.69) is 0 Å². The Labute approximate surface area is 114 Å². The Hall–Kier alpha value is -2.69. The fourth-order valence-corrected chi connectivity index (χ4v) is 1.72. The maximum absolute atomic E-state index is 13.8. The molecule has 1 atom stereocenters. The van der Waals surface area contributed by atoms with E-state index in [0.29, 0.717) is 6.07 Å². The van der Waals surface area contributed by atoms with Gasteiger partial charge in [-0.3, -0.25) is 10.1 Å². The molecule has 1 aromatic carbocycles. The molecule has 0 radical (unpaired) electrons. The minimum Gasteiger partial charge on any atom is -0.477 e. The molecule has 8 heteroatoms. The predicted molar refractivity (Wildman–Crippen MR) is 68.1 cm³/mol. The van der Waals surface area contributed by atoms with Crippen LogP contribution in [0.3, 0.4) is 0 Å². The van der Waals surface area contributed by atoms with E-state index >= 15 is 0 Å². The molecule has 1 unspecified atom stereocenters. The molecule has 0 amide bonds. The summed E-state index contributed by atoms with van der Waals surface area (Å²) in [4.78, 5) is 22.1. The first-order valence-corrected chi connectivity index (χ1v) is 5.60. The highest BCUT2D eigenvalue weighted by atomic mass is 19.1. The molecule has 1 aromatic rings. The van der Waals surface area contributed by atoms with Gasteiger partial charge >= 0.3 is 5.97 Å². The third kappa shape index (κ3) is 3.20. The Morgan fingerprint density at radius 2 is 2.25 bits per heavy atom. The molecule has 0 spiro atoms. The second kappa shape index (κ2) is 5.97. The van der Waals surface area contributed by atoms with Crippen LogP contribution in [-0.2, 0) is 0 Å². The van der Waals surface area contributed by atoms with E-state index in [1.165, 1.54) is 11.9 Å². The third-order valence-electron chi connectivity index (χ3n) is 2.67. The number of aromatic carboxylic acids is 1. The first kappa shape index (κ1) is 15.4. The van der Waals surface area contributed by atoms with E-state index in [9.17, 15) is 19.3 Å². The first-order chi connectivity index (χ1) is 9.27. The van der Waals surface area contributed by atoms with Gasteiger partial charge in [-0.15, -0.1) is 0 Å². The lowest BCUT2D eigenvalue weighted by Gasteiger charge is -2.21. The number of nitro benzene ring substituents is 1. The number of halogens is 1. The molecule has 20 heavy (non-hydrogen) atoms. The van der Waals surface area contributed by atoms with E-state index in [4.69, 9.17) is 10.4 Å². The van der Waals surface area contributed by atoms with Gasteiger partial charge in [-0.25, -0.2) is 9.18 Å². The fourth-order valence-electron chi connectivity index (χ4n) is 1.72. The van der Waals surface area contributed by atoms with E-state index < -0.39 is 33.9 Å². The molecule has 0 aliphatic heterocycles. The molecule has 0 saturated carbocycles. The Balaban J connectivity index is 3.29. The zero-order valence-corrected chi connectivity index (χ0v) is 10.8. The number of carbonyl (C=O) groups is 1. The van der Waals surface area contributed by atoms with Gasteiger partial charge in [0.1, 0.15) is 5.56 Å². The standard InChI is InChI=1S/C12H12FN3O4/c1-7(5-14)6-15(2)11-3-8(12(17)18)10(16(19)20)4-9(11)13/h3-4,7H,6H2,1-2H3,(H,17,18). The Bertz CT molecular complexity index is 597. The van der Waals surface area contributed by atoms with Crippen molar-refractivity contribution >= 4 is 17.3 Å². The van der Waals surface area contributed by atoms with Gasteiger partial charge in [-0.2, -0.15) is 5.26 Å². The topological polar surface area (TPSA) is 107 Å². The summed E-state index contributed by atoms with van der Waals surface area (Å²) in [6.45, 7) is 1.79. The number of nitrogens with zero attached hydrogens (tertiary/aromatic N) is 3. The Morgan fingerprint density at radius 1 is 1.65 bits per heavy atom. The lowest BCUT2D eigenvalue weighted by molar-refractivity contribution is -0.385. The van der Waals surface area contributed by atoms with Gasteiger partial charge in [0, 0.05) is 13.6 Å². The summed E-state index contributed by atoms with van der Waals surface area (Å²) in [5.74, 6) is -2.82. The highest BCUT2D eigenvalue weighted by Crippen LogP contribution is 2.28. The Morgan fingerprint density at radius 3 is 2.70 bits per heavy atom. The normalized spacial score (nSPS) is 11.5. The lowest BCUT2D eigenvalue weighted by atomic mass is 10.1. The highest BCUT2D eigenvalue weighted by molar-refractivity contribution is 5.93. The van der Waals surface area contributed by atoms with Crippen molar-refractivity contribution < 1.29 is 19.2 Å². The number of rotatable bonds is 5. The maximum atomic E-state index is 13.8. The van der Waals surface area contributed by atoms with Crippen LogP contribution in [0, 0.1) is 33.2 Å². The molecule has 0 aliphatic carbocycles. The van der Waals surface area contributed by atoms with Crippen molar-refractivity contribution in [2.75, 3.05) is 18.5 Å². The Kier molecular flexibility index (Phi) is 4.59. The van der Waals surface area contributed by atoms with E-state index in [1.807, 2.05) is 6.07 Å². The summed E-state index contributed by atoms with van der Waals surface area (Å²) in [7, 11) is 1.48. The summed E-state index contributed by atoms with van der Waals surface area (Å²) in [5.41, 5.74) is -1.50. The number of hydrogen-bond donors (Lipinski definition) is 1. The highest BCUT2D eigenvalue weighted by Gasteiger charge is 2.24. The number of benzene rings is 1. The van der Waals surface area contributed by atoms with Crippen molar-refractivity contribution in [3.63, 3.8) is 0 Å². The minimum atomic E-state index is -1.51. The zero-order valence-electron chi connectivity index (χ0n) is 10.8. The number of nitro groups is 1. The van der Waals surface area contributed by atoms with Crippen LogP contribution in [0.15, 0.2) is 12.1 Å².